The Hall–Kier alpha value is -2.47. The highest BCUT2D eigenvalue weighted by molar-refractivity contribution is 9.10. The summed E-state index contributed by atoms with van der Waals surface area (Å²) in [6, 6.07) is 11.5. The van der Waals surface area contributed by atoms with Crippen LogP contribution < -0.4 is 4.74 Å². The van der Waals surface area contributed by atoms with E-state index in [0.717, 1.165) is 0 Å². The molecule has 5 nitrogen and oxygen atoms in total. The van der Waals surface area contributed by atoms with Gasteiger partial charge in [0.2, 0.25) is 0 Å². The number of nitro benzene ring substituents is 1. The number of carbonyl (C=O) groups is 1. The van der Waals surface area contributed by atoms with Crippen LogP contribution in [0.5, 0.6) is 5.75 Å². The second kappa shape index (κ2) is 7.00. The van der Waals surface area contributed by atoms with Crippen molar-refractivity contribution in [3.05, 3.63) is 74.3 Å². The first-order valence-corrected chi connectivity index (χ1v) is 7.11. The van der Waals surface area contributed by atoms with Crippen LogP contribution in [-0.2, 0) is 0 Å². The van der Waals surface area contributed by atoms with Crippen LogP contribution in [0.3, 0.4) is 0 Å². The molecule has 2 aromatic carbocycles. The van der Waals surface area contributed by atoms with Gasteiger partial charge in [-0.15, -0.1) is 0 Å². The van der Waals surface area contributed by atoms with Crippen LogP contribution in [0.25, 0.3) is 6.08 Å². The number of hydrogen-bond acceptors (Lipinski definition) is 4. The highest BCUT2D eigenvalue weighted by Crippen LogP contribution is 2.26. The van der Waals surface area contributed by atoms with Gasteiger partial charge in [-0.1, -0.05) is 24.3 Å². The molecule has 0 saturated heterocycles. The predicted octanol–water partition coefficient (Wildman–Crippen LogP) is 4.26. The van der Waals surface area contributed by atoms with Crippen molar-refractivity contribution >= 4 is 33.5 Å². The Morgan fingerprint density at radius 1 is 1.27 bits per heavy atom. The first-order valence-electron chi connectivity index (χ1n) is 6.31. The smallest absolute Gasteiger partial charge is 0.284 e. The fraction of sp³-hybridized carbons (Fsp3) is 0.0625. The number of allylic oxidation sites excluding steroid dienone is 1. The highest BCUT2D eigenvalue weighted by atomic mass is 79.9. The molecule has 0 radical (unpaired) electrons. The van der Waals surface area contributed by atoms with Crippen LogP contribution in [-0.4, -0.2) is 17.8 Å². The van der Waals surface area contributed by atoms with Gasteiger partial charge in [0.15, 0.2) is 5.78 Å². The third-order valence-corrected chi connectivity index (χ3v) is 3.62. The average molecular weight is 362 g/mol. The van der Waals surface area contributed by atoms with Gasteiger partial charge in [-0.3, -0.25) is 14.9 Å². The number of nitrogens with zero attached hydrogens (tertiary/aromatic N) is 1. The van der Waals surface area contributed by atoms with Gasteiger partial charge in [0.05, 0.1) is 16.5 Å². The maximum atomic E-state index is 12.1. The SMILES string of the molecule is COc1cccc(C(=O)/C=C/c2ccc(Br)c([N+](=O)[O-])c2)c1. The fourth-order valence-electron chi connectivity index (χ4n) is 1.82. The summed E-state index contributed by atoms with van der Waals surface area (Å²) >= 11 is 3.12. The van der Waals surface area contributed by atoms with E-state index in [1.807, 2.05) is 0 Å². The van der Waals surface area contributed by atoms with Crippen LogP contribution in [0.4, 0.5) is 5.69 Å². The molecule has 112 valence electrons. The largest absolute Gasteiger partial charge is 0.497 e. The molecule has 22 heavy (non-hydrogen) atoms. The van der Waals surface area contributed by atoms with E-state index < -0.39 is 4.92 Å². The van der Waals surface area contributed by atoms with Crippen molar-refractivity contribution in [2.24, 2.45) is 0 Å². The van der Waals surface area contributed by atoms with Crippen molar-refractivity contribution in [3.63, 3.8) is 0 Å². The van der Waals surface area contributed by atoms with Crippen molar-refractivity contribution < 1.29 is 14.5 Å². The molecule has 0 aromatic heterocycles. The summed E-state index contributed by atoms with van der Waals surface area (Å²) in [5, 5.41) is 10.9. The van der Waals surface area contributed by atoms with Crippen molar-refractivity contribution in [1.29, 1.82) is 0 Å². The summed E-state index contributed by atoms with van der Waals surface area (Å²) in [7, 11) is 1.53. The molecule has 6 heteroatoms. The number of halogens is 1. The molecule has 0 spiro atoms. The molecular formula is C16H12BrNO4. The van der Waals surface area contributed by atoms with E-state index in [-0.39, 0.29) is 11.5 Å². The molecule has 2 rings (SSSR count). The monoisotopic (exact) mass is 361 g/mol. The van der Waals surface area contributed by atoms with Gasteiger partial charge in [0.1, 0.15) is 5.75 Å². The van der Waals surface area contributed by atoms with E-state index in [0.29, 0.717) is 21.3 Å². The summed E-state index contributed by atoms with van der Waals surface area (Å²) in [5.74, 6) is 0.392. The van der Waals surface area contributed by atoms with Crippen molar-refractivity contribution in [1.82, 2.24) is 0 Å². The van der Waals surface area contributed by atoms with E-state index in [1.54, 1.807) is 42.5 Å². The lowest BCUT2D eigenvalue weighted by Crippen LogP contribution is -1.95. The molecule has 0 unspecified atom stereocenters. The van der Waals surface area contributed by atoms with E-state index >= 15 is 0 Å². The lowest BCUT2D eigenvalue weighted by Gasteiger charge is -2.01. The molecule has 0 aliphatic rings. The molecule has 0 fully saturated rings. The van der Waals surface area contributed by atoms with Crippen LogP contribution in [0.15, 0.2) is 53.0 Å². The minimum atomic E-state index is -0.481. The van der Waals surface area contributed by atoms with Crippen LogP contribution in [0.2, 0.25) is 0 Å². The zero-order valence-electron chi connectivity index (χ0n) is 11.7. The second-order valence-electron chi connectivity index (χ2n) is 4.40. The minimum absolute atomic E-state index is 0.0454. The summed E-state index contributed by atoms with van der Waals surface area (Å²) < 4.78 is 5.46. The number of benzene rings is 2. The van der Waals surface area contributed by atoms with E-state index in [2.05, 4.69) is 15.9 Å². The number of carbonyl (C=O) groups excluding carboxylic acids is 1. The van der Waals surface area contributed by atoms with Crippen LogP contribution in [0.1, 0.15) is 15.9 Å². The number of methoxy groups -OCH3 is 1. The first kappa shape index (κ1) is 15.9. The number of ether oxygens (including phenoxy) is 1. The quantitative estimate of drug-likeness (QED) is 0.345. The van der Waals surface area contributed by atoms with E-state index in [9.17, 15) is 14.9 Å². The molecule has 0 amide bonds. The van der Waals surface area contributed by atoms with Gasteiger partial charge in [-0.2, -0.15) is 0 Å². The lowest BCUT2D eigenvalue weighted by atomic mass is 10.1. The Labute approximate surface area is 135 Å². The minimum Gasteiger partial charge on any atom is -0.497 e. The van der Waals surface area contributed by atoms with Crippen molar-refractivity contribution in [3.8, 4) is 5.75 Å². The van der Waals surface area contributed by atoms with Gasteiger partial charge in [-0.05, 0) is 45.8 Å². The summed E-state index contributed by atoms with van der Waals surface area (Å²) in [4.78, 5) is 22.5. The number of ketones is 1. The standard InChI is InChI=1S/C16H12BrNO4/c1-22-13-4-2-3-12(10-13)16(19)8-6-11-5-7-14(17)15(9-11)18(20)21/h2-10H,1H3/b8-6+. The maximum Gasteiger partial charge on any atom is 0.284 e. The average Bonchev–Trinajstić information content (AvgIpc) is 2.53. The molecule has 0 saturated carbocycles. The Balaban J connectivity index is 2.22. The molecule has 0 aliphatic heterocycles. The zero-order chi connectivity index (χ0) is 16.1. The topological polar surface area (TPSA) is 69.4 Å². The molecule has 0 N–H and O–H groups in total. The van der Waals surface area contributed by atoms with Gasteiger partial charge >= 0.3 is 0 Å². The Kier molecular flexibility index (Phi) is 5.06. The van der Waals surface area contributed by atoms with Crippen LogP contribution >= 0.6 is 15.9 Å². The lowest BCUT2D eigenvalue weighted by molar-refractivity contribution is -0.385. The molecule has 0 heterocycles. The highest BCUT2D eigenvalue weighted by Gasteiger charge is 2.11. The third kappa shape index (κ3) is 3.79. The van der Waals surface area contributed by atoms with Crippen molar-refractivity contribution in [2.75, 3.05) is 7.11 Å². The predicted molar refractivity (Wildman–Crippen MR) is 87.2 cm³/mol. The van der Waals surface area contributed by atoms with Gasteiger partial charge < -0.3 is 4.74 Å². The van der Waals surface area contributed by atoms with Crippen LogP contribution in [0, 0.1) is 10.1 Å². The molecular weight excluding hydrogens is 350 g/mol. The van der Waals surface area contributed by atoms with E-state index in [1.165, 1.54) is 19.3 Å². The summed E-state index contributed by atoms with van der Waals surface area (Å²) in [5.41, 5.74) is 1.02. The molecule has 0 atom stereocenters. The van der Waals surface area contributed by atoms with Gasteiger partial charge in [-0.25, -0.2) is 0 Å². The fourth-order valence-corrected chi connectivity index (χ4v) is 2.21. The molecule has 2 aromatic rings. The third-order valence-electron chi connectivity index (χ3n) is 2.95. The Morgan fingerprint density at radius 3 is 2.73 bits per heavy atom. The van der Waals surface area contributed by atoms with Crippen molar-refractivity contribution in [2.45, 2.75) is 0 Å². The second-order valence-corrected chi connectivity index (χ2v) is 5.25. The number of rotatable bonds is 5. The first-order chi connectivity index (χ1) is 10.5. The van der Waals surface area contributed by atoms with Gasteiger partial charge in [0.25, 0.3) is 5.69 Å². The molecule has 0 aliphatic carbocycles. The van der Waals surface area contributed by atoms with Gasteiger partial charge in [0, 0.05) is 11.6 Å². The summed E-state index contributed by atoms with van der Waals surface area (Å²) in [6.45, 7) is 0. The Bertz CT molecular complexity index is 756. The molecule has 0 bridgehead atoms. The summed E-state index contributed by atoms with van der Waals surface area (Å²) in [6.07, 6.45) is 2.92. The normalized spacial score (nSPS) is 10.6. The van der Waals surface area contributed by atoms with E-state index in [4.69, 9.17) is 4.74 Å². The Morgan fingerprint density at radius 2 is 2.05 bits per heavy atom. The number of hydrogen-bond donors (Lipinski definition) is 0. The zero-order valence-corrected chi connectivity index (χ0v) is 13.2. The number of nitro groups is 1. The maximum absolute atomic E-state index is 12.1.